The Morgan fingerprint density at radius 3 is 2.47 bits per heavy atom. The second-order valence-electron chi connectivity index (χ2n) is 4.47. The van der Waals surface area contributed by atoms with Crippen molar-refractivity contribution in [3.05, 3.63) is 66.0 Å². The number of hydrogen-bond donors (Lipinski definition) is 0. The molecule has 4 nitrogen and oxygen atoms in total. The zero-order valence-electron chi connectivity index (χ0n) is 10.1. The first-order valence-corrected chi connectivity index (χ1v) is 7.70. The third-order valence-electron chi connectivity index (χ3n) is 3.00. The summed E-state index contributed by atoms with van der Waals surface area (Å²) in [6.07, 6.45) is 1.22. The smallest absolute Gasteiger partial charge is 0.191 e. The average molecular weight is 275 g/mol. The zero-order valence-corrected chi connectivity index (χ0v) is 11.0. The van der Waals surface area contributed by atoms with Crippen LogP contribution < -0.4 is 0 Å². The number of pyridine rings is 1. The molecule has 0 unspecified atom stereocenters. The molecular weight excluding hydrogens is 262 g/mol. The molecule has 2 atom stereocenters. The van der Waals surface area contributed by atoms with E-state index in [4.69, 9.17) is 4.74 Å². The van der Waals surface area contributed by atoms with Crippen LogP contribution in [0.1, 0.15) is 17.4 Å². The molecule has 1 aliphatic rings. The third kappa shape index (κ3) is 2.67. The summed E-state index contributed by atoms with van der Waals surface area (Å²) < 4.78 is 29.7. The third-order valence-corrected chi connectivity index (χ3v) is 4.80. The largest absolute Gasteiger partial charge is 0.346 e. The van der Waals surface area contributed by atoms with Gasteiger partial charge >= 0.3 is 0 Å². The molecule has 19 heavy (non-hydrogen) atoms. The average Bonchev–Trinajstić information content (AvgIpc) is 3.21. The predicted octanol–water partition coefficient (Wildman–Crippen LogP) is 2.09. The molecule has 3 rings (SSSR count). The van der Waals surface area contributed by atoms with Crippen molar-refractivity contribution in [3.63, 3.8) is 0 Å². The molecule has 2 aromatic rings. The van der Waals surface area contributed by atoms with Gasteiger partial charge < -0.3 is 4.74 Å². The molecule has 0 aliphatic carbocycles. The molecule has 1 fully saturated rings. The van der Waals surface area contributed by atoms with E-state index in [1.165, 1.54) is 0 Å². The van der Waals surface area contributed by atoms with Crippen LogP contribution in [-0.2, 0) is 20.3 Å². The van der Waals surface area contributed by atoms with E-state index < -0.39 is 21.4 Å². The van der Waals surface area contributed by atoms with Crippen molar-refractivity contribution in [2.75, 3.05) is 0 Å². The predicted molar refractivity (Wildman–Crippen MR) is 70.9 cm³/mol. The van der Waals surface area contributed by atoms with Gasteiger partial charge in [0.05, 0.1) is 11.4 Å². The van der Waals surface area contributed by atoms with Gasteiger partial charge in [-0.2, -0.15) is 0 Å². The highest BCUT2D eigenvalue weighted by molar-refractivity contribution is 7.91. The molecule has 0 bridgehead atoms. The summed E-state index contributed by atoms with van der Waals surface area (Å²) in [6.45, 7) is 0. The first-order chi connectivity index (χ1) is 9.17. The molecule has 5 heteroatoms. The number of benzene rings is 1. The quantitative estimate of drug-likeness (QED) is 0.802. The van der Waals surface area contributed by atoms with Crippen LogP contribution >= 0.6 is 0 Å². The Morgan fingerprint density at radius 2 is 1.79 bits per heavy atom. The molecule has 1 aromatic heterocycles. The second kappa shape index (κ2) is 4.75. The minimum absolute atomic E-state index is 0.00183. The molecule has 0 N–H and O–H groups in total. The lowest BCUT2D eigenvalue weighted by atomic mass is 10.2. The number of sulfone groups is 1. The van der Waals surface area contributed by atoms with Gasteiger partial charge in [0.25, 0.3) is 0 Å². The lowest BCUT2D eigenvalue weighted by Crippen LogP contribution is -2.12. The molecule has 0 spiro atoms. The van der Waals surface area contributed by atoms with Crippen molar-refractivity contribution < 1.29 is 13.2 Å². The Labute approximate surface area is 112 Å². The molecule has 1 aromatic carbocycles. The maximum Gasteiger partial charge on any atom is 0.191 e. The maximum absolute atomic E-state index is 12.2. The van der Waals surface area contributed by atoms with Crippen LogP contribution in [0.5, 0.6) is 0 Å². The molecule has 2 heterocycles. The zero-order chi connectivity index (χ0) is 13.3. The first kappa shape index (κ1) is 12.3. The molecule has 0 amide bonds. The summed E-state index contributed by atoms with van der Waals surface area (Å²) in [5, 5.41) is 0. The highest BCUT2D eigenvalue weighted by Crippen LogP contribution is 2.42. The summed E-state index contributed by atoms with van der Waals surface area (Å²) in [6, 6.07) is 14.5. The first-order valence-electron chi connectivity index (χ1n) is 5.99. The van der Waals surface area contributed by atoms with Gasteiger partial charge in [0, 0.05) is 6.20 Å². The van der Waals surface area contributed by atoms with E-state index in [9.17, 15) is 8.42 Å². The van der Waals surface area contributed by atoms with Crippen molar-refractivity contribution >= 4 is 9.84 Å². The van der Waals surface area contributed by atoms with Crippen molar-refractivity contribution in [2.24, 2.45) is 0 Å². The van der Waals surface area contributed by atoms with E-state index in [0.717, 1.165) is 5.56 Å². The highest BCUT2D eigenvalue weighted by atomic mass is 32.2. The van der Waals surface area contributed by atoms with Crippen molar-refractivity contribution in [1.29, 1.82) is 0 Å². The van der Waals surface area contributed by atoms with Crippen LogP contribution in [0.25, 0.3) is 0 Å². The molecule has 0 radical (unpaired) electrons. The Bertz CT molecular complexity index is 656. The van der Waals surface area contributed by atoms with Crippen LogP contribution in [-0.4, -0.2) is 18.8 Å². The Balaban J connectivity index is 1.74. The van der Waals surface area contributed by atoms with Gasteiger partial charge in [0.15, 0.2) is 15.3 Å². The number of epoxide rings is 1. The fourth-order valence-electron chi connectivity index (χ4n) is 2.01. The topological polar surface area (TPSA) is 59.6 Å². The number of nitrogens with zero attached hydrogens (tertiary/aromatic N) is 1. The van der Waals surface area contributed by atoms with E-state index in [-0.39, 0.29) is 5.75 Å². The minimum atomic E-state index is -3.30. The van der Waals surface area contributed by atoms with E-state index in [0.29, 0.717) is 5.69 Å². The normalized spacial score (nSPS) is 22.1. The summed E-state index contributed by atoms with van der Waals surface area (Å²) >= 11 is 0. The van der Waals surface area contributed by atoms with E-state index in [1.54, 1.807) is 30.5 Å². The maximum atomic E-state index is 12.2. The van der Waals surface area contributed by atoms with Crippen LogP contribution in [0.15, 0.2) is 54.7 Å². The van der Waals surface area contributed by atoms with Gasteiger partial charge in [-0.05, 0) is 17.7 Å². The van der Waals surface area contributed by atoms with Gasteiger partial charge in [0.2, 0.25) is 0 Å². The summed E-state index contributed by atoms with van der Waals surface area (Å²) in [5.74, 6) is 0.00183. The monoisotopic (exact) mass is 275 g/mol. The van der Waals surface area contributed by atoms with Gasteiger partial charge in [-0.15, -0.1) is 0 Å². The van der Waals surface area contributed by atoms with Crippen LogP contribution in [0.4, 0.5) is 0 Å². The van der Waals surface area contributed by atoms with Crippen LogP contribution in [0.3, 0.4) is 0 Å². The molecule has 98 valence electrons. The number of ether oxygens (including phenoxy) is 1. The Hall–Kier alpha value is -1.72. The second-order valence-corrected chi connectivity index (χ2v) is 6.55. The van der Waals surface area contributed by atoms with Gasteiger partial charge in [-0.3, -0.25) is 4.98 Å². The van der Waals surface area contributed by atoms with Gasteiger partial charge in [-0.25, -0.2) is 8.42 Å². The lowest BCUT2D eigenvalue weighted by Gasteiger charge is -2.01. The fourth-order valence-corrected chi connectivity index (χ4v) is 3.64. The van der Waals surface area contributed by atoms with Crippen molar-refractivity contribution in [2.45, 2.75) is 17.3 Å². The van der Waals surface area contributed by atoms with Crippen molar-refractivity contribution in [3.8, 4) is 0 Å². The number of aromatic nitrogens is 1. The van der Waals surface area contributed by atoms with Crippen LogP contribution in [0.2, 0.25) is 0 Å². The summed E-state index contributed by atoms with van der Waals surface area (Å²) in [4.78, 5) is 4.12. The standard InChI is InChI=1S/C14H13NO3S/c16-19(17,10-11-6-2-1-3-7-11)14-13(18-14)12-8-4-5-9-15-12/h1-9,13-14H,10H2/t13-,14-/m0/s1. The van der Waals surface area contributed by atoms with Crippen molar-refractivity contribution in [1.82, 2.24) is 4.98 Å². The Kier molecular flexibility index (Phi) is 3.08. The SMILES string of the molecule is O=S(=O)(Cc1ccccc1)[C@@H]1O[C@H]1c1ccccn1. The van der Waals surface area contributed by atoms with E-state index in [1.807, 2.05) is 24.3 Å². The summed E-state index contributed by atoms with van der Waals surface area (Å²) in [5.41, 5.74) is 0.685. The highest BCUT2D eigenvalue weighted by Gasteiger charge is 2.50. The van der Waals surface area contributed by atoms with Crippen LogP contribution in [0, 0.1) is 0 Å². The molecular formula is C14H13NO3S. The molecule has 1 aliphatic heterocycles. The number of hydrogen-bond acceptors (Lipinski definition) is 4. The van der Waals surface area contributed by atoms with E-state index in [2.05, 4.69) is 4.98 Å². The number of rotatable bonds is 4. The minimum Gasteiger partial charge on any atom is -0.346 e. The molecule has 0 saturated carbocycles. The van der Waals surface area contributed by atoms with Gasteiger partial charge in [-0.1, -0.05) is 36.4 Å². The lowest BCUT2D eigenvalue weighted by molar-refractivity contribution is 0.395. The fraction of sp³-hybridized carbons (Fsp3) is 0.214. The summed E-state index contributed by atoms with van der Waals surface area (Å²) in [7, 11) is -3.30. The molecule has 1 saturated heterocycles. The van der Waals surface area contributed by atoms with E-state index >= 15 is 0 Å². The Morgan fingerprint density at radius 1 is 1.05 bits per heavy atom. The van der Waals surface area contributed by atoms with Gasteiger partial charge in [0.1, 0.15) is 6.10 Å².